The van der Waals surface area contributed by atoms with Gasteiger partial charge in [-0.3, -0.25) is 9.11 Å². The quantitative estimate of drug-likeness (QED) is 0.332. The van der Waals surface area contributed by atoms with Gasteiger partial charge in [-0.25, -0.2) is 0 Å². The Morgan fingerprint density at radius 3 is 1.00 bits per heavy atom. The van der Waals surface area contributed by atoms with E-state index in [1.165, 1.54) is 0 Å². The molecule has 0 bridgehead atoms. The van der Waals surface area contributed by atoms with E-state index in [9.17, 15) is 0 Å². The van der Waals surface area contributed by atoms with Gasteiger partial charge in [0.15, 0.2) is 0 Å². The molecular weight excluding hydrogens is 124 g/mol. The van der Waals surface area contributed by atoms with Crippen molar-refractivity contribution in [3.05, 3.63) is 0 Å². The highest BCUT2D eigenvalue weighted by Crippen LogP contribution is 1.59. The van der Waals surface area contributed by atoms with Crippen LogP contribution in [0.5, 0.6) is 0 Å². The second-order valence-electron chi connectivity index (χ2n) is 0.448. The van der Waals surface area contributed by atoms with Crippen LogP contribution in [0.15, 0.2) is 0 Å². The highest BCUT2D eigenvalue weighted by Gasteiger charge is 1.84. The van der Waals surface area contributed by atoms with Gasteiger partial charge in [0.1, 0.15) is 0 Å². The molecular formula is H8N2O4S. The molecule has 6 nitrogen and oxygen atoms in total. The first-order chi connectivity index (χ1) is 2.00. The Hall–Kier alpha value is -0.210. The van der Waals surface area contributed by atoms with Crippen molar-refractivity contribution in [3.8, 4) is 0 Å². The van der Waals surface area contributed by atoms with Gasteiger partial charge in [-0.1, -0.05) is 0 Å². The summed E-state index contributed by atoms with van der Waals surface area (Å²) in [5.74, 6) is 0. The van der Waals surface area contributed by atoms with Gasteiger partial charge in [0.05, 0.1) is 0 Å². The molecule has 0 heterocycles. The van der Waals surface area contributed by atoms with Crippen LogP contribution in [0.1, 0.15) is 0 Å². The first-order valence-electron chi connectivity index (χ1n) is 0.698. The van der Waals surface area contributed by atoms with Gasteiger partial charge in [-0.15, -0.1) is 0 Å². The third-order valence-corrected chi connectivity index (χ3v) is 0. The Bertz CT molecular complexity index is 92.9. The first kappa shape index (κ1) is 15.8. The highest BCUT2D eigenvalue weighted by molar-refractivity contribution is 7.79. The average Bonchev–Trinajstić information content (AvgIpc) is 0.722. The van der Waals surface area contributed by atoms with E-state index in [0.29, 0.717) is 0 Å². The van der Waals surface area contributed by atoms with E-state index in [1.54, 1.807) is 0 Å². The average molecular weight is 132 g/mol. The van der Waals surface area contributed by atoms with Crippen LogP contribution in [-0.4, -0.2) is 17.5 Å². The third-order valence-electron chi connectivity index (χ3n) is 0. The Kier molecular flexibility index (Phi) is 8.97. The second-order valence-corrected chi connectivity index (χ2v) is 1.34. The Labute approximate surface area is 41.3 Å². The molecule has 0 saturated heterocycles. The molecule has 0 saturated carbocycles. The molecule has 0 rings (SSSR count). The molecule has 0 amide bonds. The first-order valence-corrected chi connectivity index (χ1v) is 2.10. The summed E-state index contributed by atoms with van der Waals surface area (Å²) in [5.41, 5.74) is 0. The lowest BCUT2D eigenvalue weighted by Crippen LogP contribution is -1.89. The molecule has 0 aliphatic heterocycles. The number of rotatable bonds is 0. The molecule has 0 aromatic carbocycles. The Morgan fingerprint density at radius 1 is 1.00 bits per heavy atom. The summed E-state index contributed by atoms with van der Waals surface area (Å²) >= 11 is 0. The van der Waals surface area contributed by atoms with Crippen molar-refractivity contribution in [1.29, 1.82) is 0 Å². The molecule has 0 aromatic heterocycles. The second kappa shape index (κ2) is 3.96. The van der Waals surface area contributed by atoms with E-state index >= 15 is 0 Å². The van der Waals surface area contributed by atoms with Crippen LogP contribution in [-0.2, 0) is 10.4 Å². The summed E-state index contributed by atoms with van der Waals surface area (Å²) in [4.78, 5) is 0. The van der Waals surface area contributed by atoms with Crippen LogP contribution in [0, 0.1) is 0 Å². The van der Waals surface area contributed by atoms with Gasteiger partial charge in [-0.05, 0) is 0 Å². The van der Waals surface area contributed by atoms with Gasteiger partial charge in [0, 0.05) is 0 Å². The van der Waals surface area contributed by atoms with Crippen molar-refractivity contribution in [3.63, 3.8) is 0 Å². The van der Waals surface area contributed by atoms with E-state index in [-0.39, 0.29) is 12.3 Å². The van der Waals surface area contributed by atoms with Crippen LogP contribution in [0.3, 0.4) is 0 Å². The Morgan fingerprint density at radius 2 is 1.00 bits per heavy atom. The molecule has 8 N–H and O–H groups in total. The van der Waals surface area contributed by atoms with Gasteiger partial charge in [0.25, 0.3) is 0 Å². The maximum atomic E-state index is 8.74. The van der Waals surface area contributed by atoms with Gasteiger partial charge in [-0.2, -0.15) is 8.42 Å². The molecule has 7 heavy (non-hydrogen) atoms. The predicted octanol–water partition coefficient (Wildman–Crippen LogP) is -0.329. The predicted molar refractivity (Wildman–Crippen MR) is 24.2 cm³/mol. The zero-order valence-electron chi connectivity index (χ0n) is 3.53. The summed E-state index contributed by atoms with van der Waals surface area (Å²) in [6, 6.07) is 0. The van der Waals surface area contributed by atoms with Crippen molar-refractivity contribution in [1.82, 2.24) is 12.3 Å². The maximum absolute atomic E-state index is 8.74. The fourth-order valence-electron chi connectivity index (χ4n) is 0. The molecule has 0 spiro atoms. The fraction of sp³-hybridized carbons (Fsp3) is 0. The van der Waals surface area contributed by atoms with E-state index in [4.69, 9.17) is 17.5 Å². The van der Waals surface area contributed by atoms with Crippen LogP contribution < -0.4 is 12.3 Å². The SMILES string of the molecule is O=S(=O)(O)O.[14NH3].[14NH3]. The lowest BCUT2D eigenvalue weighted by atomic mass is 14.0. The molecule has 0 aliphatic rings. The molecule has 0 radical (unpaired) electrons. The summed E-state index contributed by atoms with van der Waals surface area (Å²) < 4.78 is 31.6. The standard InChI is InChI=1S/2H3N.H2O4S/c;;1-5(2,3)4/h2*1H3;(H2,1,2,3,4)/i2*1+0;. The monoisotopic (exact) mass is 132 g/mol. The minimum absolute atomic E-state index is 0. The molecule has 0 unspecified atom stereocenters. The van der Waals surface area contributed by atoms with Crippen LogP contribution in [0.2, 0.25) is 0 Å². The molecule has 0 aromatic rings. The molecule has 0 aliphatic carbocycles. The third kappa shape index (κ3) is 1890. The molecule has 0 atom stereocenters. The summed E-state index contributed by atoms with van der Waals surface area (Å²) in [6.45, 7) is 0. The fourth-order valence-corrected chi connectivity index (χ4v) is 0. The van der Waals surface area contributed by atoms with Gasteiger partial charge >= 0.3 is 10.4 Å². The summed E-state index contributed by atoms with van der Waals surface area (Å²) in [7, 11) is -4.67. The highest BCUT2D eigenvalue weighted by atomic mass is 32.3. The minimum Gasteiger partial charge on any atom is -0.344 e. The van der Waals surface area contributed by atoms with Crippen molar-refractivity contribution < 1.29 is 17.5 Å². The van der Waals surface area contributed by atoms with E-state index < -0.39 is 10.4 Å². The number of hydrogen-bond donors (Lipinski definition) is 4. The molecule has 0 fully saturated rings. The van der Waals surface area contributed by atoms with E-state index in [1.807, 2.05) is 0 Å². The summed E-state index contributed by atoms with van der Waals surface area (Å²) in [5, 5.41) is 0. The van der Waals surface area contributed by atoms with Crippen LogP contribution in [0.25, 0.3) is 0 Å². The normalized spacial score (nSPS) is 8.29. The Balaban J connectivity index is -0.0000000800. The lowest BCUT2D eigenvalue weighted by Gasteiger charge is -1.68. The minimum atomic E-state index is -4.67. The molecule has 7 heteroatoms. The van der Waals surface area contributed by atoms with Crippen molar-refractivity contribution in [2.75, 3.05) is 0 Å². The van der Waals surface area contributed by atoms with Crippen molar-refractivity contribution in [2.45, 2.75) is 0 Å². The number of hydrogen-bond acceptors (Lipinski definition) is 4. The van der Waals surface area contributed by atoms with Crippen molar-refractivity contribution >= 4 is 10.4 Å². The van der Waals surface area contributed by atoms with E-state index in [2.05, 4.69) is 0 Å². The van der Waals surface area contributed by atoms with Crippen LogP contribution in [0.4, 0.5) is 0 Å². The zero-order valence-corrected chi connectivity index (χ0v) is 4.35. The van der Waals surface area contributed by atoms with E-state index in [0.717, 1.165) is 0 Å². The van der Waals surface area contributed by atoms with Crippen molar-refractivity contribution in [2.24, 2.45) is 0 Å². The maximum Gasteiger partial charge on any atom is 0.394 e. The lowest BCUT2D eigenvalue weighted by molar-refractivity contribution is 0.381. The molecule has 48 valence electrons. The zero-order chi connectivity index (χ0) is 4.50. The van der Waals surface area contributed by atoms with Crippen LogP contribution >= 0.6 is 0 Å². The smallest absolute Gasteiger partial charge is 0.344 e. The van der Waals surface area contributed by atoms with Gasteiger partial charge < -0.3 is 12.3 Å². The largest absolute Gasteiger partial charge is 0.394 e. The topological polar surface area (TPSA) is 145 Å². The van der Waals surface area contributed by atoms with Gasteiger partial charge in [0.2, 0.25) is 0 Å². The summed E-state index contributed by atoms with van der Waals surface area (Å²) in [6.07, 6.45) is 0.